The lowest BCUT2D eigenvalue weighted by molar-refractivity contribution is 0.0603. The maximum Gasteiger partial charge on any atom is 0.344 e. The second-order valence-corrected chi connectivity index (χ2v) is 5.19. The van der Waals surface area contributed by atoms with Crippen LogP contribution in [0.15, 0.2) is 0 Å². The van der Waals surface area contributed by atoms with Crippen LogP contribution < -0.4 is 11.1 Å². The molecule has 1 aromatic rings. The lowest BCUT2D eigenvalue weighted by Crippen LogP contribution is -2.31. The third kappa shape index (κ3) is 4.07. The van der Waals surface area contributed by atoms with Gasteiger partial charge in [0.1, 0.15) is 10.6 Å². The number of rotatable bonds is 7. The van der Waals surface area contributed by atoms with Crippen molar-refractivity contribution in [2.24, 2.45) is 5.92 Å². The standard InChI is InChI=1S/C12H21N3O3S/c1-5-18-6-8(7(2)3)14-11-9(12(16)17-4)10(13)15-19-11/h7-8,14H,5-6H2,1-4H3,(H2,13,15). The second kappa shape index (κ2) is 7.30. The molecular weight excluding hydrogens is 266 g/mol. The van der Waals surface area contributed by atoms with Crippen molar-refractivity contribution in [3.8, 4) is 0 Å². The average Bonchev–Trinajstić information content (AvgIpc) is 2.74. The first-order valence-corrected chi connectivity index (χ1v) is 6.96. The highest BCUT2D eigenvalue weighted by Crippen LogP contribution is 2.29. The quantitative estimate of drug-likeness (QED) is 0.746. The Kier molecular flexibility index (Phi) is 6.04. The van der Waals surface area contributed by atoms with Gasteiger partial charge in [0.25, 0.3) is 0 Å². The van der Waals surface area contributed by atoms with E-state index in [2.05, 4.69) is 23.5 Å². The summed E-state index contributed by atoms with van der Waals surface area (Å²) in [6.45, 7) is 7.33. The average molecular weight is 287 g/mol. The van der Waals surface area contributed by atoms with Gasteiger partial charge in [-0.25, -0.2) is 4.79 Å². The smallest absolute Gasteiger partial charge is 0.344 e. The summed E-state index contributed by atoms with van der Waals surface area (Å²) < 4.78 is 14.1. The fourth-order valence-electron chi connectivity index (χ4n) is 1.51. The molecule has 1 unspecified atom stereocenters. The van der Waals surface area contributed by atoms with Crippen LogP contribution >= 0.6 is 11.5 Å². The molecule has 0 spiro atoms. The summed E-state index contributed by atoms with van der Waals surface area (Å²) in [5, 5.41) is 3.90. The van der Waals surface area contributed by atoms with Crippen molar-refractivity contribution in [1.29, 1.82) is 0 Å². The van der Waals surface area contributed by atoms with Crippen molar-refractivity contribution in [3.05, 3.63) is 5.56 Å². The number of anilines is 2. The van der Waals surface area contributed by atoms with Crippen LogP contribution in [0.1, 0.15) is 31.1 Å². The van der Waals surface area contributed by atoms with Gasteiger partial charge in [0, 0.05) is 6.61 Å². The molecule has 1 heterocycles. The number of hydrogen-bond acceptors (Lipinski definition) is 7. The van der Waals surface area contributed by atoms with Crippen molar-refractivity contribution >= 4 is 28.3 Å². The van der Waals surface area contributed by atoms with Gasteiger partial charge in [-0.05, 0) is 24.4 Å². The predicted molar refractivity (Wildman–Crippen MR) is 76.6 cm³/mol. The molecule has 6 nitrogen and oxygen atoms in total. The van der Waals surface area contributed by atoms with Crippen LogP contribution in [-0.4, -0.2) is 36.7 Å². The van der Waals surface area contributed by atoms with Gasteiger partial charge in [0.05, 0.1) is 19.8 Å². The van der Waals surface area contributed by atoms with Crippen molar-refractivity contribution in [3.63, 3.8) is 0 Å². The van der Waals surface area contributed by atoms with Gasteiger partial charge in [-0.3, -0.25) is 0 Å². The summed E-state index contributed by atoms with van der Waals surface area (Å²) in [5.41, 5.74) is 6.00. The molecule has 0 amide bonds. The van der Waals surface area contributed by atoms with E-state index in [9.17, 15) is 4.79 Å². The molecule has 0 bridgehead atoms. The Morgan fingerprint density at radius 2 is 2.21 bits per heavy atom. The highest BCUT2D eigenvalue weighted by Gasteiger charge is 2.23. The normalized spacial score (nSPS) is 12.5. The molecule has 0 aliphatic heterocycles. The minimum Gasteiger partial charge on any atom is -0.465 e. The maximum atomic E-state index is 11.7. The van der Waals surface area contributed by atoms with E-state index in [0.717, 1.165) is 11.5 Å². The molecule has 0 saturated heterocycles. The Bertz CT molecular complexity index is 420. The van der Waals surface area contributed by atoms with E-state index in [4.69, 9.17) is 15.2 Å². The molecule has 0 saturated carbocycles. The zero-order chi connectivity index (χ0) is 14.4. The highest BCUT2D eigenvalue weighted by atomic mass is 32.1. The van der Waals surface area contributed by atoms with Crippen molar-refractivity contribution in [2.75, 3.05) is 31.4 Å². The molecule has 0 radical (unpaired) electrons. The SMILES string of the molecule is CCOCC(Nc1snc(N)c1C(=O)OC)C(C)C. The number of nitrogens with two attached hydrogens (primary N) is 1. The molecule has 0 aliphatic carbocycles. The highest BCUT2D eigenvalue weighted by molar-refractivity contribution is 7.11. The van der Waals surface area contributed by atoms with Crippen LogP contribution in [0.4, 0.5) is 10.8 Å². The van der Waals surface area contributed by atoms with E-state index in [1.807, 2.05) is 6.92 Å². The Labute approximate surface area is 117 Å². The largest absolute Gasteiger partial charge is 0.465 e. The number of ether oxygens (including phenoxy) is 2. The van der Waals surface area contributed by atoms with Gasteiger partial charge in [-0.15, -0.1) is 0 Å². The molecule has 19 heavy (non-hydrogen) atoms. The lowest BCUT2D eigenvalue weighted by Gasteiger charge is -2.22. The number of esters is 1. The summed E-state index contributed by atoms with van der Waals surface area (Å²) in [5.74, 6) is 0.0614. The molecular formula is C12H21N3O3S. The molecule has 108 valence electrons. The zero-order valence-corrected chi connectivity index (χ0v) is 12.5. The van der Waals surface area contributed by atoms with Crippen LogP contribution in [0.5, 0.6) is 0 Å². The monoisotopic (exact) mass is 287 g/mol. The number of aromatic nitrogens is 1. The summed E-state index contributed by atoms with van der Waals surface area (Å²) in [6.07, 6.45) is 0. The van der Waals surface area contributed by atoms with Crippen molar-refractivity contribution in [1.82, 2.24) is 4.37 Å². The van der Waals surface area contributed by atoms with Crippen LogP contribution in [0, 0.1) is 5.92 Å². The molecule has 1 atom stereocenters. The van der Waals surface area contributed by atoms with Gasteiger partial charge in [-0.1, -0.05) is 13.8 Å². The number of nitrogens with one attached hydrogen (secondary N) is 1. The van der Waals surface area contributed by atoms with E-state index in [1.165, 1.54) is 7.11 Å². The number of nitrogens with zero attached hydrogens (tertiary/aromatic N) is 1. The first-order valence-electron chi connectivity index (χ1n) is 6.18. The van der Waals surface area contributed by atoms with Crippen LogP contribution in [0.25, 0.3) is 0 Å². The molecule has 1 aromatic heterocycles. The van der Waals surface area contributed by atoms with Crippen molar-refractivity contribution in [2.45, 2.75) is 26.8 Å². The third-order valence-electron chi connectivity index (χ3n) is 2.73. The Morgan fingerprint density at radius 1 is 1.53 bits per heavy atom. The van der Waals surface area contributed by atoms with Gasteiger partial charge >= 0.3 is 5.97 Å². The molecule has 0 aliphatic rings. The molecule has 0 aromatic carbocycles. The van der Waals surface area contributed by atoms with Gasteiger partial charge in [0.15, 0.2) is 5.82 Å². The molecule has 7 heteroatoms. The fourth-order valence-corrected chi connectivity index (χ4v) is 2.28. The van der Waals surface area contributed by atoms with E-state index in [0.29, 0.717) is 29.7 Å². The minimum atomic E-state index is -0.479. The summed E-state index contributed by atoms with van der Waals surface area (Å²) in [6, 6.07) is 0.0863. The van der Waals surface area contributed by atoms with Gasteiger partial charge in [0.2, 0.25) is 0 Å². The van der Waals surface area contributed by atoms with Gasteiger partial charge < -0.3 is 20.5 Å². The fraction of sp³-hybridized carbons (Fsp3) is 0.667. The minimum absolute atomic E-state index is 0.0863. The van der Waals surface area contributed by atoms with Crippen LogP contribution in [0.3, 0.4) is 0 Å². The number of methoxy groups -OCH3 is 1. The zero-order valence-electron chi connectivity index (χ0n) is 11.7. The maximum absolute atomic E-state index is 11.7. The predicted octanol–water partition coefficient (Wildman–Crippen LogP) is 1.98. The number of hydrogen-bond donors (Lipinski definition) is 2. The van der Waals surface area contributed by atoms with E-state index in [-0.39, 0.29) is 11.9 Å². The van der Waals surface area contributed by atoms with E-state index >= 15 is 0 Å². The molecule has 3 N–H and O–H groups in total. The number of nitrogen functional groups attached to an aromatic ring is 1. The summed E-state index contributed by atoms with van der Waals surface area (Å²) in [7, 11) is 1.32. The number of carbonyl (C=O) groups is 1. The van der Waals surface area contributed by atoms with Gasteiger partial charge in [-0.2, -0.15) is 4.37 Å². The number of carbonyl (C=O) groups excluding carboxylic acids is 1. The first-order chi connectivity index (χ1) is 9.01. The Morgan fingerprint density at radius 3 is 2.74 bits per heavy atom. The van der Waals surface area contributed by atoms with Crippen LogP contribution in [-0.2, 0) is 9.47 Å². The molecule has 0 fully saturated rings. The van der Waals surface area contributed by atoms with Crippen LogP contribution in [0.2, 0.25) is 0 Å². The summed E-state index contributed by atoms with van der Waals surface area (Å²) >= 11 is 1.16. The summed E-state index contributed by atoms with van der Waals surface area (Å²) in [4.78, 5) is 11.7. The second-order valence-electron chi connectivity index (χ2n) is 4.42. The molecule has 1 rings (SSSR count). The lowest BCUT2D eigenvalue weighted by atomic mass is 10.1. The third-order valence-corrected chi connectivity index (χ3v) is 3.52. The Balaban J connectivity index is 2.87. The first kappa shape index (κ1) is 15.7. The Hall–Kier alpha value is -1.34. The topological polar surface area (TPSA) is 86.5 Å². The van der Waals surface area contributed by atoms with E-state index in [1.54, 1.807) is 0 Å². The van der Waals surface area contributed by atoms with Crippen molar-refractivity contribution < 1.29 is 14.3 Å². The van der Waals surface area contributed by atoms with E-state index < -0.39 is 5.97 Å².